The standard InChI is InChI=1S/C27H27N3O5/c1-15-21(14-31)16(2)28-23(15)13-20-19-12-18(9-10-22(19)29-26(20)33)25(32)30-24(27(34)35-3)11-17-7-5-4-6-8-17/h4-10,12-13,24,28,31H,11,14H2,1-3H3,(H,29,33)(H,30,32). The van der Waals surface area contributed by atoms with E-state index in [1.807, 2.05) is 44.2 Å². The SMILES string of the molecule is COC(=O)C(Cc1ccccc1)NC(=O)c1ccc2c(c1)C(=Cc1[nH]c(C)c(CO)c1C)C(=O)N2. The zero-order chi connectivity index (χ0) is 25.1. The van der Waals surface area contributed by atoms with Crippen molar-refractivity contribution in [2.75, 3.05) is 12.4 Å². The van der Waals surface area contributed by atoms with E-state index in [1.54, 1.807) is 24.3 Å². The van der Waals surface area contributed by atoms with E-state index in [4.69, 9.17) is 4.74 Å². The average Bonchev–Trinajstić information content (AvgIpc) is 3.32. The van der Waals surface area contributed by atoms with Crippen LogP contribution in [0.3, 0.4) is 0 Å². The molecule has 4 rings (SSSR count). The van der Waals surface area contributed by atoms with Crippen molar-refractivity contribution in [3.05, 3.63) is 87.7 Å². The van der Waals surface area contributed by atoms with Gasteiger partial charge in [0.1, 0.15) is 6.04 Å². The highest BCUT2D eigenvalue weighted by Gasteiger charge is 2.28. The normalized spacial score (nSPS) is 14.4. The predicted octanol–water partition coefficient (Wildman–Crippen LogP) is 3.13. The number of aryl methyl sites for hydroxylation is 1. The van der Waals surface area contributed by atoms with Crippen molar-refractivity contribution in [2.24, 2.45) is 0 Å². The number of aromatic nitrogens is 1. The third-order valence-electron chi connectivity index (χ3n) is 6.22. The molecule has 0 fully saturated rings. The number of aliphatic hydroxyl groups excluding tert-OH is 1. The van der Waals surface area contributed by atoms with Gasteiger partial charge in [-0.15, -0.1) is 0 Å². The molecular formula is C27H27N3O5. The summed E-state index contributed by atoms with van der Waals surface area (Å²) in [7, 11) is 1.28. The molecule has 2 amide bonds. The highest BCUT2D eigenvalue weighted by Crippen LogP contribution is 2.34. The van der Waals surface area contributed by atoms with Gasteiger partial charge in [0.15, 0.2) is 0 Å². The van der Waals surface area contributed by atoms with Crippen LogP contribution in [0.25, 0.3) is 11.6 Å². The summed E-state index contributed by atoms with van der Waals surface area (Å²) >= 11 is 0. The summed E-state index contributed by atoms with van der Waals surface area (Å²) in [5, 5.41) is 15.2. The fourth-order valence-corrected chi connectivity index (χ4v) is 4.24. The molecule has 0 saturated heterocycles. The highest BCUT2D eigenvalue weighted by atomic mass is 16.5. The van der Waals surface area contributed by atoms with Crippen LogP contribution in [0.15, 0.2) is 48.5 Å². The number of nitrogens with one attached hydrogen (secondary N) is 3. The highest BCUT2D eigenvalue weighted by molar-refractivity contribution is 6.35. The minimum Gasteiger partial charge on any atom is -0.467 e. The summed E-state index contributed by atoms with van der Waals surface area (Å²) < 4.78 is 4.89. The molecule has 8 heteroatoms. The minimum atomic E-state index is -0.862. The van der Waals surface area contributed by atoms with Gasteiger partial charge >= 0.3 is 5.97 Å². The van der Waals surface area contributed by atoms with Gasteiger partial charge < -0.3 is 25.5 Å². The minimum absolute atomic E-state index is 0.102. The summed E-state index contributed by atoms with van der Waals surface area (Å²) in [6, 6.07) is 13.4. The number of ether oxygens (including phenoxy) is 1. The number of carbonyl (C=O) groups excluding carboxylic acids is 3. The van der Waals surface area contributed by atoms with Crippen LogP contribution in [0.2, 0.25) is 0 Å². The second-order valence-corrected chi connectivity index (χ2v) is 8.44. The van der Waals surface area contributed by atoms with E-state index in [1.165, 1.54) is 7.11 Å². The smallest absolute Gasteiger partial charge is 0.328 e. The molecule has 2 aromatic carbocycles. The molecule has 8 nitrogen and oxygen atoms in total. The van der Waals surface area contributed by atoms with Gasteiger partial charge in [0.25, 0.3) is 11.8 Å². The molecule has 3 aromatic rings. The molecule has 1 unspecified atom stereocenters. The zero-order valence-electron chi connectivity index (χ0n) is 19.8. The number of anilines is 1. The Labute approximate surface area is 203 Å². The van der Waals surface area contributed by atoms with Crippen molar-refractivity contribution in [1.82, 2.24) is 10.3 Å². The van der Waals surface area contributed by atoms with Crippen LogP contribution >= 0.6 is 0 Å². The lowest BCUT2D eigenvalue weighted by molar-refractivity contribution is -0.142. The van der Waals surface area contributed by atoms with Crippen LogP contribution in [0.1, 0.15) is 44.0 Å². The number of esters is 1. The van der Waals surface area contributed by atoms with Crippen LogP contribution in [-0.2, 0) is 27.4 Å². The Morgan fingerprint density at radius 3 is 2.54 bits per heavy atom. The van der Waals surface area contributed by atoms with E-state index in [0.29, 0.717) is 28.1 Å². The maximum Gasteiger partial charge on any atom is 0.328 e. The molecular weight excluding hydrogens is 446 g/mol. The Morgan fingerprint density at radius 1 is 1.14 bits per heavy atom. The van der Waals surface area contributed by atoms with Crippen molar-refractivity contribution in [3.63, 3.8) is 0 Å². The number of aliphatic hydroxyl groups is 1. The average molecular weight is 474 g/mol. The van der Waals surface area contributed by atoms with Crippen molar-refractivity contribution >= 4 is 35.1 Å². The van der Waals surface area contributed by atoms with Gasteiger partial charge in [-0.1, -0.05) is 30.3 Å². The third-order valence-corrected chi connectivity index (χ3v) is 6.22. The fraction of sp³-hybridized carbons (Fsp3) is 0.222. The van der Waals surface area contributed by atoms with Crippen LogP contribution in [0.4, 0.5) is 5.69 Å². The van der Waals surface area contributed by atoms with E-state index >= 15 is 0 Å². The number of methoxy groups -OCH3 is 1. The number of hydrogen-bond acceptors (Lipinski definition) is 5. The Bertz CT molecular complexity index is 1320. The molecule has 1 atom stereocenters. The van der Waals surface area contributed by atoms with E-state index in [0.717, 1.165) is 22.4 Å². The van der Waals surface area contributed by atoms with Gasteiger partial charge in [-0.25, -0.2) is 4.79 Å². The van der Waals surface area contributed by atoms with Gasteiger partial charge in [-0.05, 0) is 49.2 Å². The maximum absolute atomic E-state index is 13.1. The zero-order valence-corrected chi connectivity index (χ0v) is 19.8. The summed E-state index contributed by atoms with van der Waals surface area (Å²) in [4.78, 5) is 41.3. The number of carbonyl (C=O) groups is 3. The Hall–Kier alpha value is -4.17. The third kappa shape index (κ3) is 4.88. The Kier molecular flexibility index (Phi) is 6.84. The lowest BCUT2D eigenvalue weighted by Gasteiger charge is -2.17. The summed E-state index contributed by atoms with van der Waals surface area (Å²) in [6.45, 7) is 3.63. The molecule has 0 radical (unpaired) electrons. The fourth-order valence-electron chi connectivity index (χ4n) is 4.24. The lowest BCUT2D eigenvalue weighted by Crippen LogP contribution is -2.43. The molecule has 35 heavy (non-hydrogen) atoms. The van der Waals surface area contributed by atoms with Crippen molar-refractivity contribution in [3.8, 4) is 0 Å². The van der Waals surface area contributed by atoms with Gasteiger partial charge in [-0.3, -0.25) is 9.59 Å². The first kappa shape index (κ1) is 24.0. The number of H-pyrrole nitrogens is 1. The van der Waals surface area contributed by atoms with Gasteiger partial charge in [0, 0.05) is 40.2 Å². The molecule has 180 valence electrons. The van der Waals surface area contributed by atoms with Crippen LogP contribution in [0, 0.1) is 13.8 Å². The van der Waals surface area contributed by atoms with Crippen LogP contribution in [-0.4, -0.2) is 41.0 Å². The molecule has 0 aliphatic carbocycles. The molecule has 1 aliphatic rings. The Balaban J connectivity index is 1.62. The molecule has 0 spiro atoms. The molecule has 0 bridgehead atoms. The number of aromatic amines is 1. The molecule has 2 heterocycles. The first-order chi connectivity index (χ1) is 16.8. The van der Waals surface area contributed by atoms with Crippen molar-refractivity contribution in [1.29, 1.82) is 0 Å². The number of rotatable bonds is 7. The first-order valence-electron chi connectivity index (χ1n) is 11.2. The molecule has 4 N–H and O–H groups in total. The van der Waals surface area contributed by atoms with E-state index in [-0.39, 0.29) is 18.9 Å². The summed E-state index contributed by atoms with van der Waals surface area (Å²) in [6.07, 6.45) is 2.00. The summed E-state index contributed by atoms with van der Waals surface area (Å²) in [5.74, 6) is -1.28. The lowest BCUT2D eigenvalue weighted by atomic mass is 10.0. The van der Waals surface area contributed by atoms with Gasteiger partial charge in [0.2, 0.25) is 0 Å². The van der Waals surface area contributed by atoms with Crippen LogP contribution < -0.4 is 10.6 Å². The Morgan fingerprint density at radius 2 is 1.89 bits per heavy atom. The molecule has 0 saturated carbocycles. The number of benzene rings is 2. The van der Waals surface area contributed by atoms with Crippen LogP contribution in [0.5, 0.6) is 0 Å². The number of hydrogen-bond donors (Lipinski definition) is 4. The number of fused-ring (bicyclic) bond motifs is 1. The molecule has 1 aromatic heterocycles. The number of amides is 2. The van der Waals surface area contributed by atoms with E-state index < -0.39 is 17.9 Å². The quantitative estimate of drug-likeness (QED) is 0.310. The second-order valence-electron chi connectivity index (χ2n) is 8.44. The van der Waals surface area contributed by atoms with Gasteiger partial charge in [-0.2, -0.15) is 0 Å². The van der Waals surface area contributed by atoms with Crippen molar-refractivity contribution in [2.45, 2.75) is 32.9 Å². The maximum atomic E-state index is 13.1. The predicted molar refractivity (Wildman–Crippen MR) is 133 cm³/mol. The largest absolute Gasteiger partial charge is 0.467 e. The monoisotopic (exact) mass is 473 g/mol. The second kappa shape index (κ2) is 9.99. The first-order valence-corrected chi connectivity index (χ1v) is 11.2. The van der Waals surface area contributed by atoms with E-state index in [9.17, 15) is 19.5 Å². The topological polar surface area (TPSA) is 121 Å². The summed E-state index contributed by atoms with van der Waals surface area (Å²) in [5.41, 5.74) is 5.96. The van der Waals surface area contributed by atoms with Crippen molar-refractivity contribution < 1.29 is 24.2 Å². The van der Waals surface area contributed by atoms with E-state index in [2.05, 4.69) is 15.6 Å². The molecule has 1 aliphatic heterocycles. The van der Waals surface area contributed by atoms with Gasteiger partial charge in [0.05, 0.1) is 19.3 Å².